The van der Waals surface area contributed by atoms with Crippen molar-refractivity contribution in [1.29, 1.82) is 0 Å². The molecular weight excluding hydrogens is 418 g/mol. The lowest BCUT2D eigenvalue weighted by Crippen LogP contribution is -2.52. The van der Waals surface area contributed by atoms with Crippen LogP contribution in [0.5, 0.6) is 5.75 Å². The van der Waals surface area contributed by atoms with Crippen LogP contribution in [0.4, 0.5) is 0 Å². The third-order valence-electron chi connectivity index (χ3n) is 6.73. The van der Waals surface area contributed by atoms with Gasteiger partial charge in [-0.3, -0.25) is 14.5 Å². The maximum absolute atomic E-state index is 13.4. The highest BCUT2D eigenvalue weighted by atomic mass is 16.5. The number of fused-ring (bicyclic) bond motifs is 1. The first-order valence-corrected chi connectivity index (χ1v) is 12.6. The molecule has 1 atom stereocenters. The van der Waals surface area contributed by atoms with Crippen molar-refractivity contribution in [2.45, 2.75) is 52.5 Å². The monoisotopic (exact) mass is 459 g/mol. The summed E-state index contributed by atoms with van der Waals surface area (Å²) >= 11 is 0. The number of rotatable bonds is 4. The molecule has 2 aliphatic heterocycles. The van der Waals surface area contributed by atoms with Crippen molar-refractivity contribution >= 4 is 11.8 Å². The topological polar surface area (TPSA) is 62.3 Å². The average Bonchev–Trinajstić information content (AvgIpc) is 2.82. The van der Waals surface area contributed by atoms with E-state index in [0.717, 1.165) is 51.9 Å². The second-order valence-corrected chi connectivity index (χ2v) is 9.39. The molecule has 1 aromatic carbocycles. The predicted molar refractivity (Wildman–Crippen MR) is 130 cm³/mol. The van der Waals surface area contributed by atoms with Crippen LogP contribution in [0.3, 0.4) is 0 Å². The zero-order valence-corrected chi connectivity index (χ0v) is 20.6. The molecule has 2 aliphatic rings. The summed E-state index contributed by atoms with van der Waals surface area (Å²) in [7, 11) is 0. The average molecular weight is 460 g/mol. The number of amides is 2. The van der Waals surface area contributed by atoms with E-state index < -0.39 is 0 Å². The van der Waals surface area contributed by atoms with Gasteiger partial charge in [-0.05, 0) is 37.8 Å². The molecule has 184 valence electrons. The number of carbonyl (C=O) groups is 2. The van der Waals surface area contributed by atoms with Crippen LogP contribution < -0.4 is 4.74 Å². The molecule has 7 heteroatoms. The van der Waals surface area contributed by atoms with E-state index in [-0.39, 0.29) is 23.8 Å². The van der Waals surface area contributed by atoms with E-state index in [1.54, 1.807) is 0 Å². The number of para-hydroxylation sites is 1. The Morgan fingerprint density at radius 2 is 1.73 bits per heavy atom. The number of carbonyl (C=O) groups excluding carboxylic acids is 2. The van der Waals surface area contributed by atoms with Crippen molar-refractivity contribution in [1.82, 2.24) is 14.7 Å². The number of ether oxygens (including phenoxy) is 2. The first-order chi connectivity index (χ1) is 16.0. The van der Waals surface area contributed by atoms with Gasteiger partial charge in [0.2, 0.25) is 5.91 Å². The van der Waals surface area contributed by atoms with Gasteiger partial charge < -0.3 is 19.3 Å². The van der Waals surface area contributed by atoms with Gasteiger partial charge in [-0.2, -0.15) is 0 Å². The Hall–Kier alpha value is -2.12. The molecule has 0 radical (unpaired) electrons. The molecule has 1 saturated heterocycles. The van der Waals surface area contributed by atoms with Crippen molar-refractivity contribution in [3.05, 3.63) is 29.8 Å². The number of morpholine rings is 1. The fourth-order valence-electron chi connectivity index (χ4n) is 4.62. The van der Waals surface area contributed by atoms with Crippen LogP contribution in [-0.2, 0) is 9.53 Å². The summed E-state index contributed by atoms with van der Waals surface area (Å²) in [4.78, 5) is 32.8. The molecule has 0 aliphatic carbocycles. The molecule has 0 bridgehead atoms. The molecule has 0 N–H and O–H groups in total. The summed E-state index contributed by atoms with van der Waals surface area (Å²) < 4.78 is 11.7. The summed E-state index contributed by atoms with van der Waals surface area (Å²) in [5, 5.41) is 0. The molecule has 1 aromatic rings. The van der Waals surface area contributed by atoms with Crippen LogP contribution in [0.25, 0.3) is 0 Å². The first kappa shape index (κ1) is 25.5. The molecule has 0 unspecified atom stereocenters. The van der Waals surface area contributed by atoms with E-state index >= 15 is 0 Å². The van der Waals surface area contributed by atoms with Gasteiger partial charge in [0.25, 0.3) is 5.91 Å². The summed E-state index contributed by atoms with van der Waals surface area (Å²) in [5.74, 6) is 1.02. The van der Waals surface area contributed by atoms with E-state index in [1.165, 1.54) is 0 Å². The minimum atomic E-state index is -0.0492. The van der Waals surface area contributed by atoms with E-state index in [2.05, 4.69) is 18.7 Å². The van der Waals surface area contributed by atoms with Crippen molar-refractivity contribution in [2.24, 2.45) is 5.92 Å². The normalized spacial score (nSPS) is 21.9. The molecular formula is C26H41N3O4. The highest BCUT2D eigenvalue weighted by molar-refractivity contribution is 5.96. The van der Waals surface area contributed by atoms with Crippen molar-refractivity contribution in [2.75, 3.05) is 59.1 Å². The molecule has 0 spiro atoms. The van der Waals surface area contributed by atoms with E-state index in [9.17, 15) is 9.59 Å². The van der Waals surface area contributed by atoms with Gasteiger partial charge in [0.1, 0.15) is 12.4 Å². The Bertz CT molecular complexity index is 764. The van der Waals surface area contributed by atoms with Gasteiger partial charge in [-0.25, -0.2) is 0 Å². The summed E-state index contributed by atoms with van der Waals surface area (Å²) in [5.41, 5.74) is 0.602. The maximum atomic E-state index is 13.4. The lowest BCUT2D eigenvalue weighted by molar-refractivity contribution is -0.137. The number of hydrogen-bond donors (Lipinski definition) is 0. The standard InChI is InChI=1S/C26H41N3O4/c1-4-28-13-9-5-6-10-14-29(25(30)19-27-15-17-32-18-16-27)23(21(2)3)20-33-24-12-8-7-11-22(24)26(28)31/h7-8,11-12,21,23H,4-6,9-10,13-20H2,1-3H3/t23-/m1/s1. The zero-order chi connectivity index (χ0) is 23.6. The fraction of sp³-hybridized carbons (Fsp3) is 0.692. The SMILES string of the molecule is CCN1CCCCCCN(C(=O)CN2CCOCC2)[C@@H](C(C)C)COc2ccccc2C1=O. The second kappa shape index (κ2) is 12.9. The molecule has 2 heterocycles. The summed E-state index contributed by atoms with van der Waals surface area (Å²) in [6.45, 7) is 12.2. The lowest BCUT2D eigenvalue weighted by atomic mass is 10.0. The Labute approximate surface area is 199 Å². The van der Waals surface area contributed by atoms with E-state index in [4.69, 9.17) is 9.47 Å². The quantitative estimate of drug-likeness (QED) is 0.692. The lowest BCUT2D eigenvalue weighted by Gasteiger charge is -2.37. The summed E-state index contributed by atoms with van der Waals surface area (Å²) in [6.07, 6.45) is 4.04. The van der Waals surface area contributed by atoms with Crippen molar-refractivity contribution < 1.29 is 19.1 Å². The highest BCUT2D eigenvalue weighted by Gasteiger charge is 2.29. The Morgan fingerprint density at radius 3 is 2.42 bits per heavy atom. The number of nitrogens with zero attached hydrogens (tertiary/aromatic N) is 3. The van der Waals surface area contributed by atoms with Crippen LogP contribution in [-0.4, -0.2) is 91.6 Å². The van der Waals surface area contributed by atoms with Gasteiger partial charge >= 0.3 is 0 Å². The van der Waals surface area contributed by atoms with Crippen molar-refractivity contribution in [3.8, 4) is 5.75 Å². The fourth-order valence-corrected chi connectivity index (χ4v) is 4.62. The van der Waals surface area contributed by atoms with Gasteiger partial charge in [-0.15, -0.1) is 0 Å². The Morgan fingerprint density at radius 1 is 1.03 bits per heavy atom. The first-order valence-electron chi connectivity index (χ1n) is 12.6. The third-order valence-corrected chi connectivity index (χ3v) is 6.73. The number of benzene rings is 1. The van der Waals surface area contributed by atoms with Gasteiger partial charge in [0, 0.05) is 32.7 Å². The van der Waals surface area contributed by atoms with Crippen LogP contribution in [0, 0.1) is 5.92 Å². The largest absolute Gasteiger partial charge is 0.491 e. The van der Waals surface area contributed by atoms with Gasteiger partial charge in [0.15, 0.2) is 0 Å². The van der Waals surface area contributed by atoms with Crippen LogP contribution in [0.1, 0.15) is 56.8 Å². The Balaban J connectivity index is 1.82. The molecule has 2 amide bonds. The predicted octanol–water partition coefficient (Wildman–Crippen LogP) is 3.29. The van der Waals surface area contributed by atoms with Crippen LogP contribution >= 0.6 is 0 Å². The third kappa shape index (κ3) is 7.18. The minimum absolute atomic E-state index is 0.0199. The zero-order valence-electron chi connectivity index (χ0n) is 20.6. The Kier molecular flexibility index (Phi) is 10.0. The highest BCUT2D eigenvalue weighted by Crippen LogP contribution is 2.23. The molecule has 7 nitrogen and oxygen atoms in total. The minimum Gasteiger partial charge on any atom is -0.491 e. The van der Waals surface area contributed by atoms with Gasteiger partial charge in [0.05, 0.1) is 31.4 Å². The van der Waals surface area contributed by atoms with Crippen LogP contribution in [0.15, 0.2) is 24.3 Å². The summed E-state index contributed by atoms with van der Waals surface area (Å²) in [6, 6.07) is 7.45. The maximum Gasteiger partial charge on any atom is 0.257 e. The van der Waals surface area contributed by atoms with Crippen LogP contribution in [0.2, 0.25) is 0 Å². The number of hydrogen-bond acceptors (Lipinski definition) is 5. The molecule has 33 heavy (non-hydrogen) atoms. The molecule has 0 saturated carbocycles. The molecule has 0 aromatic heterocycles. The molecule has 1 fully saturated rings. The van der Waals surface area contributed by atoms with Gasteiger partial charge in [-0.1, -0.05) is 38.8 Å². The smallest absolute Gasteiger partial charge is 0.257 e. The van der Waals surface area contributed by atoms with E-state index in [0.29, 0.717) is 44.2 Å². The molecule has 3 rings (SSSR count). The second-order valence-electron chi connectivity index (χ2n) is 9.39. The van der Waals surface area contributed by atoms with E-state index in [1.807, 2.05) is 41.0 Å². The van der Waals surface area contributed by atoms with Crippen molar-refractivity contribution in [3.63, 3.8) is 0 Å².